The maximum absolute atomic E-state index is 14.0. The predicted molar refractivity (Wildman–Crippen MR) is 108 cm³/mol. The van der Waals surface area contributed by atoms with Crippen molar-refractivity contribution in [2.45, 2.75) is 18.5 Å². The van der Waals surface area contributed by atoms with Gasteiger partial charge in [-0.2, -0.15) is 0 Å². The average molecular weight is 460 g/mol. The number of aliphatic imine (C=N–C) groups is 1. The van der Waals surface area contributed by atoms with E-state index >= 15 is 0 Å². The Bertz CT molecular complexity index is 879. The van der Waals surface area contributed by atoms with Gasteiger partial charge in [-0.25, -0.2) is 9.38 Å². The van der Waals surface area contributed by atoms with Gasteiger partial charge in [0.1, 0.15) is 17.3 Å². The maximum atomic E-state index is 14.0. The highest BCUT2D eigenvalue weighted by molar-refractivity contribution is 9.11. The fourth-order valence-electron chi connectivity index (χ4n) is 3.38. The van der Waals surface area contributed by atoms with Crippen molar-refractivity contribution in [2.24, 2.45) is 10.7 Å². The number of likely N-dealkylation sites (tertiary alicyclic amines) is 1. The van der Waals surface area contributed by atoms with Gasteiger partial charge in [-0.1, -0.05) is 6.07 Å². The van der Waals surface area contributed by atoms with Crippen LogP contribution in [0, 0.1) is 5.82 Å². The summed E-state index contributed by atoms with van der Waals surface area (Å²) < 4.78 is 14.9. The molecule has 1 aromatic carbocycles. The number of hydrogen-bond donors (Lipinski definition) is 2. The van der Waals surface area contributed by atoms with Crippen molar-refractivity contribution in [3.8, 4) is 0 Å². The first kappa shape index (κ1) is 19.1. The molecule has 3 N–H and O–H groups in total. The lowest BCUT2D eigenvalue weighted by Crippen LogP contribution is -2.52. The molecule has 0 saturated carbocycles. The van der Waals surface area contributed by atoms with Gasteiger partial charge in [0.15, 0.2) is 0 Å². The van der Waals surface area contributed by atoms with E-state index in [4.69, 9.17) is 5.73 Å². The summed E-state index contributed by atoms with van der Waals surface area (Å²) in [7, 11) is 0. The lowest BCUT2D eigenvalue weighted by molar-refractivity contribution is 0.0686. The highest BCUT2D eigenvalue weighted by Crippen LogP contribution is 2.35. The Morgan fingerprint density at radius 1 is 1.38 bits per heavy atom. The molecule has 138 valence electrons. The Morgan fingerprint density at radius 3 is 2.77 bits per heavy atom. The van der Waals surface area contributed by atoms with E-state index in [0.717, 1.165) is 3.79 Å². The lowest BCUT2D eigenvalue weighted by Gasteiger charge is -2.42. The third kappa shape index (κ3) is 3.33. The van der Waals surface area contributed by atoms with Gasteiger partial charge in [-0.05, 0) is 34.1 Å². The van der Waals surface area contributed by atoms with E-state index in [1.54, 1.807) is 6.07 Å². The van der Waals surface area contributed by atoms with E-state index in [-0.39, 0.29) is 30.0 Å². The third-order valence-electron chi connectivity index (χ3n) is 4.66. The SMILES string of the molecule is Cl.NC1=NC2(CCN(C(=O)c3csc(Br)c3)CC2)Nc2cccc(F)c21. The molecule has 0 aliphatic carbocycles. The summed E-state index contributed by atoms with van der Waals surface area (Å²) in [4.78, 5) is 18.9. The number of thiophene rings is 1. The van der Waals surface area contributed by atoms with Crippen LogP contribution in [0.5, 0.6) is 0 Å². The van der Waals surface area contributed by atoms with Crippen LogP contribution >= 0.6 is 39.7 Å². The Kier molecular flexibility index (Phi) is 5.28. The van der Waals surface area contributed by atoms with Crippen LogP contribution in [0.4, 0.5) is 10.1 Å². The van der Waals surface area contributed by atoms with E-state index < -0.39 is 5.66 Å². The molecule has 1 aromatic heterocycles. The van der Waals surface area contributed by atoms with Crippen LogP contribution in [-0.2, 0) is 0 Å². The topological polar surface area (TPSA) is 70.7 Å². The highest BCUT2D eigenvalue weighted by atomic mass is 79.9. The summed E-state index contributed by atoms with van der Waals surface area (Å²) in [6.45, 7) is 1.14. The fraction of sp³-hybridized carbons (Fsp3) is 0.294. The zero-order chi connectivity index (χ0) is 17.6. The summed E-state index contributed by atoms with van der Waals surface area (Å²) in [5.41, 5.74) is 7.14. The molecular weight excluding hydrogens is 443 g/mol. The third-order valence-corrected chi connectivity index (χ3v) is 6.17. The number of carbonyl (C=O) groups excluding carboxylic acids is 1. The van der Waals surface area contributed by atoms with Gasteiger partial charge in [-0.3, -0.25) is 4.79 Å². The predicted octanol–water partition coefficient (Wildman–Crippen LogP) is 3.83. The molecule has 26 heavy (non-hydrogen) atoms. The van der Waals surface area contributed by atoms with Gasteiger partial charge in [0.25, 0.3) is 5.91 Å². The minimum absolute atomic E-state index is 0. The molecule has 2 aliphatic heterocycles. The minimum Gasteiger partial charge on any atom is -0.383 e. The van der Waals surface area contributed by atoms with Crippen molar-refractivity contribution < 1.29 is 9.18 Å². The van der Waals surface area contributed by atoms with Crippen LogP contribution in [0.15, 0.2) is 38.4 Å². The molecule has 1 spiro atoms. The number of anilines is 1. The number of benzene rings is 1. The maximum Gasteiger partial charge on any atom is 0.254 e. The van der Waals surface area contributed by atoms with E-state index in [2.05, 4.69) is 26.2 Å². The molecule has 0 unspecified atom stereocenters. The van der Waals surface area contributed by atoms with Gasteiger partial charge in [0.05, 0.1) is 14.9 Å². The number of carbonyl (C=O) groups is 1. The molecule has 0 atom stereocenters. The number of nitrogens with two attached hydrogens (primary N) is 1. The first-order valence-corrected chi connectivity index (χ1v) is 9.60. The molecule has 0 radical (unpaired) electrons. The number of halogens is 3. The molecular formula is C17H17BrClFN4OS. The molecule has 1 saturated heterocycles. The second kappa shape index (κ2) is 7.17. The van der Waals surface area contributed by atoms with E-state index in [1.807, 2.05) is 22.4 Å². The quantitative estimate of drug-likeness (QED) is 0.681. The highest BCUT2D eigenvalue weighted by Gasteiger charge is 2.39. The Hall–Kier alpha value is -1.64. The molecule has 3 heterocycles. The molecule has 1 fully saturated rings. The summed E-state index contributed by atoms with van der Waals surface area (Å²) in [5.74, 6) is -0.138. The van der Waals surface area contributed by atoms with Crippen LogP contribution in [0.1, 0.15) is 28.8 Å². The second-order valence-electron chi connectivity index (χ2n) is 6.25. The Balaban J connectivity index is 0.00000196. The zero-order valence-electron chi connectivity index (χ0n) is 13.7. The van der Waals surface area contributed by atoms with E-state index in [1.165, 1.54) is 17.4 Å². The number of rotatable bonds is 1. The Morgan fingerprint density at radius 2 is 2.12 bits per heavy atom. The monoisotopic (exact) mass is 458 g/mol. The van der Waals surface area contributed by atoms with E-state index in [0.29, 0.717) is 42.7 Å². The smallest absolute Gasteiger partial charge is 0.254 e. The zero-order valence-corrected chi connectivity index (χ0v) is 16.9. The number of amidine groups is 1. The van der Waals surface area contributed by atoms with Crippen LogP contribution in [0.3, 0.4) is 0 Å². The first-order chi connectivity index (χ1) is 12.0. The normalized spacial score (nSPS) is 17.8. The van der Waals surface area contributed by atoms with Gasteiger partial charge >= 0.3 is 0 Å². The number of hydrogen-bond acceptors (Lipinski definition) is 5. The van der Waals surface area contributed by atoms with Crippen LogP contribution in [0.25, 0.3) is 0 Å². The number of piperidine rings is 1. The van der Waals surface area contributed by atoms with Crippen molar-refractivity contribution in [1.29, 1.82) is 0 Å². The van der Waals surface area contributed by atoms with E-state index in [9.17, 15) is 9.18 Å². The van der Waals surface area contributed by atoms with Gasteiger partial charge in [0.2, 0.25) is 0 Å². The van der Waals surface area contributed by atoms with Crippen molar-refractivity contribution in [3.63, 3.8) is 0 Å². The number of fused-ring (bicyclic) bond motifs is 1. The molecule has 0 bridgehead atoms. The van der Waals surface area contributed by atoms with Crippen molar-refractivity contribution >= 4 is 57.1 Å². The average Bonchev–Trinajstić information content (AvgIpc) is 3.01. The summed E-state index contributed by atoms with van der Waals surface area (Å²) >= 11 is 4.88. The number of amides is 1. The van der Waals surface area contributed by atoms with Gasteiger partial charge < -0.3 is 16.0 Å². The van der Waals surface area contributed by atoms with Crippen molar-refractivity contribution in [3.05, 3.63) is 50.4 Å². The summed E-state index contributed by atoms with van der Waals surface area (Å²) in [5, 5.41) is 5.19. The van der Waals surface area contributed by atoms with Crippen LogP contribution in [-0.4, -0.2) is 35.4 Å². The summed E-state index contributed by atoms with van der Waals surface area (Å²) in [6, 6.07) is 6.68. The fourth-order valence-corrected chi connectivity index (χ4v) is 4.51. The molecule has 1 amide bonds. The molecule has 4 rings (SSSR count). The first-order valence-electron chi connectivity index (χ1n) is 7.93. The van der Waals surface area contributed by atoms with Crippen molar-refractivity contribution in [1.82, 2.24) is 4.90 Å². The molecule has 9 heteroatoms. The van der Waals surface area contributed by atoms with Gasteiger partial charge in [-0.15, -0.1) is 23.7 Å². The number of nitrogens with zero attached hydrogens (tertiary/aromatic N) is 2. The summed E-state index contributed by atoms with van der Waals surface area (Å²) in [6.07, 6.45) is 1.25. The minimum atomic E-state index is -0.573. The molecule has 2 aromatic rings. The molecule has 2 aliphatic rings. The Labute approximate surface area is 169 Å². The van der Waals surface area contributed by atoms with Crippen LogP contribution < -0.4 is 11.1 Å². The van der Waals surface area contributed by atoms with Crippen molar-refractivity contribution in [2.75, 3.05) is 18.4 Å². The van der Waals surface area contributed by atoms with Crippen LogP contribution in [0.2, 0.25) is 0 Å². The second-order valence-corrected chi connectivity index (χ2v) is 8.54. The number of nitrogens with one attached hydrogen (secondary N) is 1. The lowest BCUT2D eigenvalue weighted by atomic mass is 9.93. The van der Waals surface area contributed by atoms with Gasteiger partial charge in [0, 0.05) is 37.0 Å². The standard InChI is InChI=1S/C17H16BrFN4OS.ClH/c18-13-8-10(9-25-13)16(24)23-6-4-17(5-7-23)21-12-3-1-2-11(19)14(12)15(20)22-17;/h1-3,8-9,21H,4-7H2,(H2,20,22);1H. The molecule has 5 nitrogen and oxygen atoms in total. The largest absolute Gasteiger partial charge is 0.383 e.